The third-order valence-corrected chi connectivity index (χ3v) is 5.28. The van der Waals surface area contributed by atoms with Crippen molar-refractivity contribution >= 4 is 11.5 Å². The lowest BCUT2D eigenvalue weighted by Gasteiger charge is -2.28. The Bertz CT molecular complexity index is 912. The van der Waals surface area contributed by atoms with Crippen LogP contribution in [0.15, 0.2) is 97.1 Å². The van der Waals surface area contributed by atoms with Crippen LogP contribution in [0.4, 0.5) is 0 Å². The summed E-state index contributed by atoms with van der Waals surface area (Å²) in [7, 11) is 0. The van der Waals surface area contributed by atoms with Crippen LogP contribution in [0, 0.1) is 0 Å². The molecule has 3 aromatic carbocycles. The molecule has 0 aromatic heterocycles. The number of amides is 1. The Morgan fingerprint density at radius 3 is 1.90 bits per heavy atom. The molecule has 0 N–H and O–H groups in total. The molecular weight excluding hydrogens is 358 g/mol. The van der Waals surface area contributed by atoms with Crippen LogP contribution in [0.25, 0.3) is 5.57 Å². The fourth-order valence-electron chi connectivity index (χ4n) is 3.70. The summed E-state index contributed by atoms with van der Waals surface area (Å²) in [6.45, 7) is 1.43. The number of rotatable bonds is 6. The first-order chi connectivity index (χ1) is 14.3. The van der Waals surface area contributed by atoms with Gasteiger partial charge in [-0.15, -0.1) is 0 Å². The highest BCUT2D eigenvalue weighted by Gasteiger charge is 2.21. The van der Waals surface area contributed by atoms with Gasteiger partial charge in [0.05, 0.1) is 0 Å². The van der Waals surface area contributed by atoms with Gasteiger partial charge in [0.2, 0.25) is 5.91 Å². The molecule has 0 bridgehead atoms. The van der Waals surface area contributed by atoms with Gasteiger partial charge in [-0.05, 0) is 28.7 Å². The van der Waals surface area contributed by atoms with Crippen LogP contribution >= 0.6 is 0 Å². The van der Waals surface area contributed by atoms with Gasteiger partial charge in [0.1, 0.15) is 12.7 Å². The number of hydrogen-bond donors (Lipinski definition) is 0. The van der Waals surface area contributed by atoms with Gasteiger partial charge >= 0.3 is 0 Å². The molecule has 0 saturated carbocycles. The van der Waals surface area contributed by atoms with E-state index >= 15 is 0 Å². The van der Waals surface area contributed by atoms with E-state index in [1.54, 1.807) is 0 Å². The summed E-state index contributed by atoms with van der Waals surface area (Å²) in [5.41, 5.74) is 4.65. The van der Waals surface area contributed by atoms with E-state index in [1.165, 1.54) is 11.1 Å². The summed E-state index contributed by atoms with van der Waals surface area (Å²) in [5.74, 6) is 0.0326. The second kappa shape index (κ2) is 9.35. The van der Waals surface area contributed by atoms with E-state index in [1.807, 2.05) is 71.6 Å². The van der Waals surface area contributed by atoms with Gasteiger partial charge in [0.15, 0.2) is 0 Å². The zero-order valence-electron chi connectivity index (χ0n) is 16.4. The van der Waals surface area contributed by atoms with Crippen molar-refractivity contribution in [1.82, 2.24) is 4.90 Å². The van der Waals surface area contributed by atoms with E-state index in [4.69, 9.17) is 4.74 Å². The van der Waals surface area contributed by atoms with Crippen LogP contribution in [0.3, 0.4) is 0 Å². The SMILES string of the molecule is O=C(COC(c1ccccc1)c1ccccc1)N1CC=C(c2ccccc2)CC1. The number of nitrogens with zero attached hydrogens (tertiary/aromatic N) is 1. The van der Waals surface area contributed by atoms with Crippen molar-refractivity contribution in [3.05, 3.63) is 114 Å². The standard InChI is InChI=1S/C26H25NO2/c28-25(27-18-16-22(17-19-27)21-10-4-1-5-11-21)20-29-26(23-12-6-2-7-13-23)24-14-8-3-9-15-24/h1-16,26H,17-20H2. The maximum atomic E-state index is 12.8. The summed E-state index contributed by atoms with van der Waals surface area (Å²) < 4.78 is 6.13. The van der Waals surface area contributed by atoms with Crippen molar-refractivity contribution in [3.8, 4) is 0 Å². The maximum Gasteiger partial charge on any atom is 0.248 e. The minimum atomic E-state index is -0.249. The molecule has 4 rings (SSSR count). The van der Waals surface area contributed by atoms with Crippen LogP contribution in [0.2, 0.25) is 0 Å². The van der Waals surface area contributed by atoms with Crippen LogP contribution in [0.1, 0.15) is 29.2 Å². The first-order valence-corrected chi connectivity index (χ1v) is 10.0. The molecule has 3 aromatic rings. The average Bonchev–Trinajstić information content (AvgIpc) is 2.81. The molecule has 0 spiro atoms. The molecule has 0 radical (unpaired) electrons. The molecule has 1 aliphatic heterocycles. The predicted octanol–water partition coefficient (Wildman–Crippen LogP) is 5.11. The quantitative estimate of drug-likeness (QED) is 0.592. The molecule has 146 valence electrons. The Hall–Kier alpha value is -3.17. The molecule has 1 heterocycles. The van der Waals surface area contributed by atoms with Crippen LogP contribution in [-0.2, 0) is 9.53 Å². The topological polar surface area (TPSA) is 29.5 Å². The largest absolute Gasteiger partial charge is 0.359 e. The molecule has 3 nitrogen and oxygen atoms in total. The number of benzene rings is 3. The fraction of sp³-hybridized carbons (Fsp3) is 0.192. The Labute approximate surface area is 172 Å². The van der Waals surface area contributed by atoms with E-state index in [0.717, 1.165) is 24.1 Å². The lowest BCUT2D eigenvalue weighted by Crippen LogP contribution is -2.37. The number of hydrogen-bond acceptors (Lipinski definition) is 2. The Balaban J connectivity index is 1.41. The molecule has 0 atom stereocenters. The van der Waals surface area contributed by atoms with Gasteiger partial charge in [0.25, 0.3) is 0 Å². The lowest BCUT2D eigenvalue weighted by molar-refractivity contribution is -0.137. The van der Waals surface area contributed by atoms with Crippen LogP contribution in [0.5, 0.6) is 0 Å². The van der Waals surface area contributed by atoms with E-state index in [0.29, 0.717) is 6.54 Å². The highest BCUT2D eigenvalue weighted by Crippen LogP contribution is 2.26. The third-order valence-electron chi connectivity index (χ3n) is 5.28. The molecule has 1 aliphatic rings. The van der Waals surface area contributed by atoms with E-state index < -0.39 is 0 Å². The first-order valence-electron chi connectivity index (χ1n) is 10.0. The summed E-state index contributed by atoms with van der Waals surface area (Å²) in [6.07, 6.45) is 2.78. The van der Waals surface area contributed by atoms with Gasteiger partial charge in [-0.3, -0.25) is 4.79 Å². The van der Waals surface area contributed by atoms with Crippen molar-refractivity contribution in [2.24, 2.45) is 0 Å². The van der Waals surface area contributed by atoms with E-state index in [-0.39, 0.29) is 18.6 Å². The first kappa shape index (κ1) is 19.2. The van der Waals surface area contributed by atoms with Crippen LogP contribution < -0.4 is 0 Å². The Morgan fingerprint density at radius 1 is 0.828 bits per heavy atom. The number of ether oxygens (including phenoxy) is 1. The second-order valence-electron chi connectivity index (χ2n) is 7.20. The monoisotopic (exact) mass is 383 g/mol. The molecule has 3 heteroatoms. The maximum absolute atomic E-state index is 12.8. The van der Waals surface area contributed by atoms with Crippen molar-refractivity contribution in [2.45, 2.75) is 12.5 Å². The molecule has 29 heavy (non-hydrogen) atoms. The second-order valence-corrected chi connectivity index (χ2v) is 7.20. The summed E-state index contributed by atoms with van der Waals surface area (Å²) in [6, 6.07) is 30.5. The number of carbonyl (C=O) groups is 1. The Kier molecular flexibility index (Phi) is 6.18. The van der Waals surface area contributed by atoms with Gasteiger partial charge in [-0.2, -0.15) is 0 Å². The number of carbonyl (C=O) groups excluding carboxylic acids is 1. The Morgan fingerprint density at radius 2 is 1.38 bits per heavy atom. The zero-order chi connectivity index (χ0) is 19.9. The molecular formula is C26H25NO2. The van der Waals surface area contributed by atoms with Gasteiger partial charge in [-0.25, -0.2) is 0 Å². The molecule has 0 fully saturated rings. The molecule has 0 saturated heterocycles. The van der Waals surface area contributed by atoms with Gasteiger partial charge in [-0.1, -0.05) is 97.1 Å². The minimum absolute atomic E-state index is 0.0326. The van der Waals surface area contributed by atoms with Crippen molar-refractivity contribution < 1.29 is 9.53 Å². The zero-order valence-corrected chi connectivity index (χ0v) is 16.4. The van der Waals surface area contributed by atoms with Crippen LogP contribution in [-0.4, -0.2) is 30.5 Å². The molecule has 1 amide bonds. The van der Waals surface area contributed by atoms with Crippen molar-refractivity contribution in [1.29, 1.82) is 0 Å². The summed E-state index contributed by atoms with van der Waals surface area (Å²) in [4.78, 5) is 14.7. The fourth-order valence-corrected chi connectivity index (χ4v) is 3.70. The highest BCUT2D eigenvalue weighted by molar-refractivity contribution is 5.79. The van der Waals surface area contributed by atoms with Gasteiger partial charge < -0.3 is 9.64 Å². The van der Waals surface area contributed by atoms with Crippen molar-refractivity contribution in [2.75, 3.05) is 19.7 Å². The van der Waals surface area contributed by atoms with E-state index in [9.17, 15) is 4.79 Å². The smallest absolute Gasteiger partial charge is 0.248 e. The van der Waals surface area contributed by atoms with E-state index in [2.05, 4.69) is 30.3 Å². The summed E-state index contributed by atoms with van der Waals surface area (Å²) >= 11 is 0. The van der Waals surface area contributed by atoms with Gasteiger partial charge in [0, 0.05) is 13.1 Å². The highest BCUT2D eigenvalue weighted by atomic mass is 16.5. The minimum Gasteiger partial charge on any atom is -0.359 e. The lowest BCUT2D eigenvalue weighted by atomic mass is 9.99. The van der Waals surface area contributed by atoms with Crippen molar-refractivity contribution in [3.63, 3.8) is 0 Å². The molecule has 0 unspecified atom stereocenters. The average molecular weight is 383 g/mol. The summed E-state index contributed by atoms with van der Waals surface area (Å²) in [5, 5.41) is 0. The molecule has 0 aliphatic carbocycles. The third kappa shape index (κ3) is 4.82. The normalized spacial score (nSPS) is 14.0. The predicted molar refractivity (Wildman–Crippen MR) is 116 cm³/mol.